The van der Waals surface area contributed by atoms with Crippen molar-refractivity contribution >= 4 is 52.2 Å². The van der Waals surface area contributed by atoms with Crippen molar-refractivity contribution in [2.24, 2.45) is 0 Å². The minimum atomic E-state index is -0.564. The lowest BCUT2D eigenvalue weighted by Crippen LogP contribution is -2.31. The van der Waals surface area contributed by atoms with E-state index in [-0.39, 0.29) is 29.4 Å². The third-order valence-corrected chi connectivity index (χ3v) is 6.89. The maximum Gasteiger partial charge on any atom is 0.200 e. The van der Waals surface area contributed by atoms with Crippen LogP contribution < -0.4 is 4.90 Å². The fourth-order valence-corrected chi connectivity index (χ4v) is 4.89. The van der Waals surface area contributed by atoms with E-state index in [0.29, 0.717) is 11.2 Å². The van der Waals surface area contributed by atoms with Crippen LogP contribution in [0, 0.1) is 5.82 Å². The molecule has 0 bridgehead atoms. The first-order valence-corrected chi connectivity index (χ1v) is 11.2. The fourth-order valence-electron chi connectivity index (χ4n) is 4.03. The van der Waals surface area contributed by atoms with Crippen LogP contribution in [0.2, 0.25) is 0 Å². The molecule has 1 aromatic carbocycles. The monoisotopic (exact) mass is 486 g/mol. The third-order valence-electron chi connectivity index (χ3n) is 5.94. The molecule has 0 saturated carbocycles. The van der Waals surface area contributed by atoms with Crippen LogP contribution in [0.1, 0.15) is 23.7 Å². The van der Waals surface area contributed by atoms with Gasteiger partial charge in [0.15, 0.2) is 17.2 Å². The average molecular weight is 487 g/mol. The molecule has 1 aliphatic rings. The Morgan fingerprint density at radius 2 is 2.03 bits per heavy atom. The van der Waals surface area contributed by atoms with Crippen molar-refractivity contribution in [2.45, 2.75) is 29.4 Å². The molecule has 1 aliphatic heterocycles. The number of nitrogens with zero attached hydrogens (tertiary/aromatic N) is 6. The summed E-state index contributed by atoms with van der Waals surface area (Å²) in [6.07, 6.45) is 4.66. The second-order valence-electron chi connectivity index (χ2n) is 8.31. The molecule has 1 unspecified atom stereocenters. The fraction of sp³-hybridized carbons (Fsp3) is 0.304. The zero-order valence-corrected chi connectivity index (χ0v) is 20.2. The van der Waals surface area contributed by atoms with Gasteiger partial charge in [0.25, 0.3) is 0 Å². The Balaban J connectivity index is 0.00000259. The summed E-state index contributed by atoms with van der Waals surface area (Å²) in [7, 11) is 4.24. The number of carbonyl (C=O) groups is 1. The Bertz CT molecular complexity index is 1340. The Morgan fingerprint density at radius 1 is 1.21 bits per heavy atom. The molecule has 1 atom stereocenters. The predicted molar refractivity (Wildman–Crippen MR) is 130 cm³/mol. The number of halogens is 2. The Morgan fingerprint density at radius 3 is 2.76 bits per heavy atom. The van der Waals surface area contributed by atoms with Crippen molar-refractivity contribution < 1.29 is 9.18 Å². The number of hydrogen-bond acceptors (Lipinski definition) is 7. The van der Waals surface area contributed by atoms with Gasteiger partial charge in [0.05, 0.1) is 17.4 Å². The summed E-state index contributed by atoms with van der Waals surface area (Å²) in [5.74, 6) is -0.774. The number of hydrogen-bond donors (Lipinski definition) is 0. The molecule has 3 aromatic heterocycles. The largest absolute Gasteiger partial charge is 0.369 e. The molecule has 0 amide bonds. The van der Waals surface area contributed by atoms with E-state index in [9.17, 15) is 9.18 Å². The van der Waals surface area contributed by atoms with Gasteiger partial charge in [-0.05, 0) is 69.5 Å². The van der Waals surface area contributed by atoms with E-state index >= 15 is 0 Å². The summed E-state index contributed by atoms with van der Waals surface area (Å²) in [6.45, 7) is 3.41. The van der Waals surface area contributed by atoms with Gasteiger partial charge in [0.1, 0.15) is 0 Å². The molecule has 33 heavy (non-hydrogen) atoms. The molecule has 1 saturated heterocycles. The van der Waals surface area contributed by atoms with Crippen LogP contribution in [0.5, 0.6) is 0 Å². The number of likely N-dealkylation sites (N-methyl/N-ethyl adjacent to an activating group) is 1. The van der Waals surface area contributed by atoms with E-state index in [0.717, 1.165) is 41.0 Å². The maximum atomic E-state index is 14.3. The molecule has 1 fully saturated rings. The summed E-state index contributed by atoms with van der Waals surface area (Å²) in [4.78, 5) is 22.0. The average Bonchev–Trinajstić information content (AvgIpc) is 3.41. The van der Waals surface area contributed by atoms with E-state index in [1.165, 1.54) is 29.2 Å². The van der Waals surface area contributed by atoms with Crippen LogP contribution >= 0.6 is 24.2 Å². The van der Waals surface area contributed by atoms with Gasteiger partial charge in [0.2, 0.25) is 5.16 Å². The number of Topliss-reactive ketones (excluding diaryl/α,β-unsaturated/α-hetero) is 1. The van der Waals surface area contributed by atoms with Gasteiger partial charge < -0.3 is 9.80 Å². The molecule has 4 aromatic rings. The normalized spacial score (nSPS) is 16.0. The highest BCUT2D eigenvalue weighted by molar-refractivity contribution is 7.99. The van der Waals surface area contributed by atoms with Gasteiger partial charge in [-0.3, -0.25) is 14.2 Å². The van der Waals surface area contributed by atoms with E-state index in [1.54, 1.807) is 6.20 Å². The molecule has 4 heterocycles. The highest BCUT2D eigenvalue weighted by Gasteiger charge is 2.24. The van der Waals surface area contributed by atoms with Crippen molar-refractivity contribution in [3.63, 3.8) is 0 Å². The number of carbonyl (C=O) groups excluding carboxylic acids is 1. The molecule has 0 spiro atoms. The number of ketones is 1. The molecule has 0 N–H and O–H groups in total. The molecule has 10 heteroatoms. The van der Waals surface area contributed by atoms with Gasteiger partial charge in [-0.15, -0.1) is 22.6 Å². The third kappa shape index (κ3) is 4.53. The first kappa shape index (κ1) is 23.4. The van der Waals surface area contributed by atoms with Gasteiger partial charge in [0, 0.05) is 41.2 Å². The minimum absolute atomic E-state index is 0. The number of benzene rings is 1. The van der Waals surface area contributed by atoms with Crippen LogP contribution in [0.4, 0.5) is 10.1 Å². The van der Waals surface area contributed by atoms with Crippen molar-refractivity contribution in [3.8, 4) is 0 Å². The van der Waals surface area contributed by atoms with Crippen molar-refractivity contribution in [2.75, 3.05) is 32.1 Å². The van der Waals surface area contributed by atoms with Crippen LogP contribution in [0.3, 0.4) is 0 Å². The molecular weight excluding hydrogens is 463 g/mol. The van der Waals surface area contributed by atoms with Gasteiger partial charge in [-0.2, -0.15) is 0 Å². The minimum Gasteiger partial charge on any atom is -0.369 e. The van der Waals surface area contributed by atoms with E-state index in [2.05, 4.69) is 51.2 Å². The first-order valence-electron chi connectivity index (χ1n) is 10.4. The van der Waals surface area contributed by atoms with Crippen molar-refractivity contribution in [3.05, 3.63) is 54.1 Å². The number of pyridine rings is 2. The summed E-state index contributed by atoms with van der Waals surface area (Å²) in [5, 5.41) is 9.61. The SMILES string of the molecule is CC(=O)c1cc(F)c2nnc(Sc3ccc4ncc(N5CCC(N(C)C)C5)cc4c3)n2c1.Cl. The Kier molecular flexibility index (Phi) is 6.56. The Hall–Kier alpha value is -2.75. The first-order chi connectivity index (χ1) is 15.4. The zero-order valence-electron chi connectivity index (χ0n) is 18.5. The molecule has 7 nitrogen and oxygen atoms in total. The topological polar surface area (TPSA) is 66.6 Å². The summed E-state index contributed by atoms with van der Waals surface area (Å²) < 4.78 is 15.9. The lowest BCUT2D eigenvalue weighted by Gasteiger charge is -2.21. The molecular formula is C23H24ClFN6OS. The van der Waals surface area contributed by atoms with Crippen molar-refractivity contribution in [1.29, 1.82) is 0 Å². The van der Waals surface area contributed by atoms with Crippen molar-refractivity contribution in [1.82, 2.24) is 24.5 Å². The predicted octanol–water partition coefficient (Wildman–Crippen LogP) is 4.33. The zero-order chi connectivity index (χ0) is 22.4. The molecule has 5 rings (SSSR count). The highest BCUT2D eigenvalue weighted by atomic mass is 35.5. The molecule has 172 valence electrons. The lowest BCUT2D eigenvalue weighted by atomic mass is 10.2. The quantitative estimate of drug-likeness (QED) is 0.389. The van der Waals surface area contributed by atoms with Gasteiger partial charge in [-0.25, -0.2) is 4.39 Å². The summed E-state index contributed by atoms with van der Waals surface area (Å²) >= 11 is 1.37. The highest BCUT2D eigenvalue weighted by Crippen LogP contribution is 2.31. The number of rotatable bonds is 5. The standard InChI is InChI=1S/C23H23FN6OS.ClH/c1-14(31)16-10-20(24)22-26-27-23(30(22)12-16)32-19-4-5-21-15(9-19)8-18(11-25-21)29-7-6-17(13-29)28(2)3;/h4-5,8-12,17H,6-7,13H2,1-3H3;1H. The number of aromatic nitrogens is 4. The van der Waals surface area contributed by atoms with E-state index in [4.69, 9.17) is 0 Å². The van der Waals surface area contributed by atoms with E-state index < -0.39 is 5.82 Å². The van der Waals surface area contributed by atoms with Crippen LogP contribution in [-0.2, 0) is 0 Å². The smallest absolute Gasteiger partial charge is 0.200 e. The maximum absolute atomic E-state index is 14.3. The summed E-state index contributed by atoms with van der Waals surface area (Å²) in [5.41, 5.74) is 2.42. The van der Waals surface area contributed by atoms with E-state index in [1.807, 2.05) is 18.3 Å². The van der Waals surface area contributed by atoms with Crippen LogP contribution in [0.15, 0.2) is 52.8 Å². The van der Waals surface area contributed by atoms with Crippen LogP contribution in [-0.4, -0.2) is 63.5 Å². The van der Waals surface area contributed by atoms with Gasteiger partial charge >= 0.3 is 0 Å². The van der Waals surface area contributed by atoms with Crippen LogP contribution in [0.25, 0.3) is 16.6 Å². The summed E-state index contributed by atoms with van der Waals surface area (Å²) in [6, 6.07) is 9.91. The number of fused-ring (bicyclic) bond motifs is 2. The molecule has 0 radical (unpaired) electrons. The van der Waals surface area contributed by atoms with Gasteiger partial charge in [-0.1, -0.05) is 0 Å². The molecule has 0 aliphatic carbocycles. The lowest BCUT2D eigenvalue weighted by molar-refractivity contribution is 0.101. The second kappa shape index (κ2) is 9.24. The number of anilines is 1. The Labute approximate surface area is 201 Å². The second-order valence-corrected chi connectivity index (χ2v) is 9.35.